The Morgan fingerprint density at radius 2 is 1.80 bits per heavy atom. The summed E-state index contributed by atoms with van der Waals surface area (Å²) < 4.78 is 0. The van der Waals surface area contributed by atoms with Gasteiger partial charge in [-0.05, 0) is 84.7 Å². The summed E-state index contributed by atoms with van der Waals surface area (Å²) in [6.45, 7) is 16.0. The first-order chi connectivity index (χ1) is 14.1. The van der Waals surface area contributed by atoms with Gasteiger partial charge >= 0.3 is 0 Å². The lowest BCUT2D eigenvalue weighted by Crippen LogP contribution is -2.35. The summed E-state index contributed by atoms with van der Waals surface area (Å²) in [5.41, 5.74) is 3.77. The number of rotatable bonds is 5. The molecule has 3 fully saturated rings. The van der Waals surface area contributed by atoms with Crippen LogP contribution in [0, 0.1) is 35.0 Å². The maximum atomic E-state index is 10.1. The lowest BCUT2D eigenvalue weighted by atomic mass is 9.61. The molecule has 2 heteroatoms. The lowest BCUT2D eigenvalue weighted by molar-refractivity contribution is 0.0862. The third kappa shape index (κ3) is 4.86. The third-order valence-corrected chi connectivity index (χ3v) is 8.71. The summed E-state index contributed by atoms with van der Waals surface area (Å²) in [7, 11) is 0. The molecule has 0 saturated heterocycles. The van der Waals surface area contributed by atoms with Gasteiger partial charge in [-0.25, -0.2) is 0 Å². The molecule has 7 atom stereocenters. The summed E-state index contributed by atoms with van der Waals surface area (Å²) in [6.07, 6.45) is 15.8. The molecule has 0 heterocycles. The van der Waals surface area contributed by atoms with E-state index in [2.05, 4.69) is 65.5 Å². The molecule has 0 aliphatic heterocycles. The highest BCUT2D eigenvalue weighted by molar-refractivity contribution is 5.38. The fraction of sp³-hybridized carbons (Fsp3) is 0.714. The van der Waals surface area contributed by atoms with E-state index in [-0.39, 0.29) is 0 Å². The molecule has 0 bridgehead atoms. The molecule has 0 aromatic carbocycles. The monoisotopic (exact) mass is 412 g/mol. The average molecular weight is 413 g/mol. The maximum absolute atomic E-state index is 10.1. The summed E-state index contributed by atoms with van der Waals surface area (Å²) in [5, 5.41) is 20.2. The number of fused-ring (bicyclic) bond motifs is 1. The first-order valence-electron chi connectivity index (χ1n) is 12.3. The first kappa shape index (κ1) is 23.5. The van der Waals surface area contributed by atoms with Crippen molar-refractivity contribution in [2.45, 2.75) is 91.8 Å². The molecular weight excluding hydrogens is 368 g/mol. The van der Waals surface area contributed by atoms with E-state index in [9.17, 15) is 10.2 Å². The second kappa shape index (κ2) is 9.57. The predicted octanol–water partition coefficient (Wildman–Crippen LogP) is 6.61. The minimum atomic E-state index is -0.605. The van der Waals surface area contributed by atoms with E-state index >= 15 is 0 Å². The Kier molecular flexibility index (Phi) is 7.51. The van der Waals surface area contributed by atoms with Crippen molar-refractivity contribution in [2.75, 3.05) is 0 Å². The molecule has 0 aromatic rings. The molecule has 168 valence electrons. The Morgan fingerprint density at radius 1 is 1.07 bits per heavy atom. The summed E-state index contributed by atoms with van der Waals surface area (Å²) in [5.74, 6) is 3.38. The molecule has 0 aromatic heterocycles. The van der Waals surface area contributed by atoms with Gasteiger partial charge in [0.2, 0.25) is 0 Å². The van der Waals surface area contributed by atoms with Crippen LogP contribution in [0.3, 0.4) is 0 Å². The van der Waals surface area contributed by atoms with E-state index in [0.29, 0.717) is 41.9 Å². The van der Waals surface area contributed by atoms with Crippen molar-refractivity contribution in [2.24, 2.45) is 35.0 Å². The van der Waals surface area contributed by atoms with Crippen LogP contribution in [0.2, 0.25) is 0 Å². The van der Waals surface area contributed by atoms with Crippen molar-refractivity contribution >= 4 is 0 Å². The summed E-state index contributed by atoms with van der Waals surface area (Å²) >= 11 is 0. The van der Waals surface area contributed by atoms with Crippen LogP contribution in [0.1, 0.15) is 79.6 Å². The van der Waals surface area contributed by atoms with Crippen LogP contribution in [0.25, 0.3) is 0 Å². The molecular formula is C28H44O2. The maximum Gasteiger partial charge on any atom is 0.0811 e. The van der Waals surface area contributed by atoms with Crippen LogP contribution < -0.4 is 0 Å². The van der Waals surface area contributed by atoms with E-state index in [1.54, 1.807) is 5.57 Å². The quantitative estimate of drug-likeness (QED) is 0.499. The van der Waals surface area contributed by atoms with Gasteiger partial charge < -0.3 is 10.2 Å². The highest BCUT2D eigenvalue weighted by Crippen LogP contribution is 2.59. The number of aliphatic hydroxyl groups is 2. The van der Waals surface area contributed by atoms with E-state index < -0.39 is 12.2 Å². The number of hydrogen-bond acceptors (Lipinski definition) is 2. The van der Waals surface area contributed by atoms with Gasteiger partial charge in [0.1, 0.15) is 0 Å². The number of hydrogen-bond donors (Lipinski definition) is 2. The van der Waals surface area contributed by atoms with Crippen LogP contribution in [0.15, 0.2) is 47.6 Å². The summed E-state index contributed by atoms with van der Waals surface area (Å²) in [4.78, 5) is 0. The minimum absolute atomic E-state index is 0.385. The SMILES string of the molecule is C=C1C(=CC=C2CCCC3(C)C2CCC3C(C)C=CC(C)C(C)C)CC(O)CC1O. The average Bonchev–Trinajstić information content (AvgIpc) is 3.04. The molecule has 0 amide bonds. The molecule has 2 N–H and O–H groups in total. The van der Waals surface area contributed by atoms with Gasteiger partial charge in [-0.2, -0.15) is 0 Å². The van der Waals surface area contributed by atoms with E-state index in [1.165, 1.54) is 32.1 Å². The highest BCUT2D eigenvalue weighted by Gasteiger charge is 2.50. The van der Waals surface area contributed by atoms with Gasteiger partial charge in [0.05, 0.1) is 12.2 Å². The highest BCUT2D eigenvalue weighted by atomic mass is 16.3. The van der Waals surface area contributed by atoms with Crippen molar-refractivity contribution in [1.82, 2.24) is 0 Å². The standard InChI is InChI=1S/C28H44O2/c1-18(2)19(3)9-10-20(4)25-13-14-26-22(8-7-15-28(25,26)6)11-12-23-16-24(29)17-27(30)21(23)5/h9-12,18-20,24-27,29-30H,5,7-8,13-17H2,1-4,6H3. The molecule has 3 aliphatic rings. The molecule has 0 radical (unpaired) electrons. The van der Waals surface area contributed by atoms with Gasteiger partial charge in [-0.15, -0.1) is 0 Å². The van der Waals surface area contributed by atoms with Gasteiger partial charge in [0.25, 0.3) is 0 Å². The van der Waals surface area contributed by atoms with E-state index in [1.807, 2.05) is 0 Å². The first-order valence-corrected chi connectivity index (χ1v) is 12.3. The second-order valence-electron chi connectivity index (χ2n) is 11.0. The zero-order valence-corrected chi connectivity index (χ0v) is 19.9. The Bertz CT molecular complexity index is 712. The predicted molar refractivity (Wildman–Crippen MR) is 127 cm³/mol. The van der Waals surface area contributed by atoms with Gasteiger partial charge in [-0.3, -0.25) is 0 Å². The van der Waals surface area contributed by atoms with Crippen molar-refractivity contribution < 1.29 is 10.2 Å². The Labute approximate surface area is 184 Å². The minimum Gasteiger partial charge on any atom is -0.393 e. The van der Waals surface area contributed by atoms with Crippen LogP contribution in [-0.2, 0) is 0 Å². The molecule has 3 saturated carbocycles. The van der Waals surface area contributed by atoms with Crippen molar-refractivity contribution in [3.8, 4) is 0 Å². The second-order valence-corrected chi connectivity index (χ2v) is 11.0. The lowest BCUT2D eigenvalue weighted by Gasteiger charge is -2.44. The Morgan fingerprint density at radius 3 is 2.50 bits per heavy atom. The number of aliphatic hydroxyl groups excluding tert-OH is 2. The zero-order chi connectivity index (χ0) is 22.1. The third-order valence-electron chi connectivity index (χ3n) is 8.71. The molecule has 30 heavy (non-hydrogen) atoms. The topological polar surface area (TPSA) is 40.5 Å². The van der Waals surface area contributed by atoms with Crippen molar-refractivity contribution in [1.29, 1.82) is 0 Å². The molecule has 0 spiro atoms. The molecule has 2 nitrogen and oxygen atoms in total. The normalized spacial score (nSPS) is 39.8. The van der Waals surface area contributed by atoms with Crippen LogP contribution in [0.5, 0.6) is 0 Å². The fourth-order valence-corrected chi connectivity index (χ4v) is 6.32. The molecule has 3 aliphatic carbocycles. The van der Waals surface area contributed by atoms with Gasteiger partial charge in [0.15, 0.2) is 0 Å². The van der Waals surface area contributed by atoms with Crippen LogP contribution >= 0.6 is 0 Å². The fourth-order valence-electron chi connectivity index (χ4n) is 6.32. The van der Waals surface area contributed by atoms with Crippen LogP contribution in [0.4, 0.5) is 0 Å². The van der Waals surface area contributed by atoms with Gasteiger partial charge in [-0.1, -0.05) is 71.1 Å². The smallest absolute Gasteiger partial charge is 0.0811 e. The molecule has 7 unspecified atom stereocenters. The van der Waals surface area contributed by atoms with Gasteiger partial charge in [0, 0.05) is 6.42 Å². The number of allylic oxidation sites excluding steroid dienone is 5. The van der Waals surface area contributed by atoms with E-state index in [4.69, 9.17) is 0 Å². The Balaban J connectivity index is 1.76. The largest absolute Gasteiger partial charge is 0.393 e. The Hall–Kier alpha value is -1.12. The van der Waals surface area contributed by atoms with Crippen LogP contribution in [-0.4, -0.2) is 22.4 Å². The molecule has 3 rings (SSSR count). The van der Waals surface area contributed by atoms with Crippen molar-refractivity contribution in [3.05, 3.63) is 47.6 Å². The van der Waals surface area contributed by atoms with E-state index in [0.717, 1.165) is 17.1 Å². The van der Waals surface area contributed by atoms with Crippen molar-refractivity contribution in [3.63, 3.8) is 0 Å². The zero-order valence-electron chi connectivity index (χ0n) is 19.9. The summed E-state index contributed by atoms with van der Waals surface area (Å²) in [6, 6.07) is 0.